The van der Waals surface area contributed by atoms with Crippen molar-refractivity contribution in [1.29, 1.82) is 0 Å². The predicted molar refractivity (Wildman–Crippen MR) is 67.8 cm³/mol. The molecule has 2 aliphatic heterocycles. The average molecular weight is 261 g/mol. The molecule has 2 heterocycles. The number of methoxy groups -OCH3 is 1. The smallest absolute Gasteiger partial charge is 0.417 e. The molecule has 100 valence electrons. The Bertz CT molecular complexity index is 556. The van der Waals surface area contributed by atoms with Gasteiger partial charge in [0.2, 0.25) is 0 Å². The molecule has 5 nitrogen and oxygen atoms in total. The van der Waals surface area contributed by atoms with Gasteiger partial charge in [-0.1, -0.05) is 25.1 Å². The van der Waals surface area contributed by atoms with Crippen LogP contribution in [-0.4, -0.2) is 25.4 Å². The number of ether oxygens (including phenoxy) is 2. The molecule has 3 rings (SSSR count). The lowest BCUT2D eigenvalue weighted by Gasteiger charge is -2.28. The minimum Gasteiger partial charge on any atom is -0.452 e. The van der Waals surface area contributed by atoms with E-state index in [-0.39, 0.29) is 5.97 Å². The monoisotopic (exact) mass is 261 g/mol. The SMILES string of the molecule is CC[C@@]12CC(=O)O[C@@H]1N(C(=O)OC)c1ccccc12. The van der Waals surface area contributed by atoms with Crippen molar-refractivity contribution in [3.8, 4) is 0 Å². The van der Waals surface area contributed by atoms with Gasteiger partial charge in [-0.2, -0.15) is 0 Å². The molecule has 1 aromatic carbocycles. The van der Waals surface area contributed by atoms with Crippen LogP contribution in [0.3, 0.4) is 0 Å². The van der Waals surface area contributed by atoms with E-state index >= 15 is 0 Å². The quantitative estimate of drug-likeness (QED) is 0.727. The first-order valence-corrected chi connectivity index (χ1v) is 6.30. The van der Waals surface area contributed by atoms with Crippen molar-refractivity contribution in [3.63, 3.8) is 0 Å². The van der Waals surface area contributed by atoms with E-state index < -0.39 is 17.7 Å². The van der Waals surface area contributed by atoms with Gasteiger partial charge in [-0.05, 0) is 18.1 Å². The van der Waals surface area contributed by atoms with Crippen LogP contribution in [0.5, 0.6) is 0 Å². The van der Waals surface area contributed by atoms with Crippen LogP contribution < -0.4 is 4.90 Å². The maximum absolute atomic E-state index is 12.0. The number of anilines is 1. The minimum absolute atomic E-state index is 0.268. The molecule has 2 aliphatic rings. The van der Waals surface area contributed by atoms with Crippen molar-refractivity contribution in [2.75, 3.05) is 12.0 Å². The summed E-state index contributed by atoms with van der Waals surface area (Å²) in [5.74, 6) is -0.268. The zero-order chi connectivity index (χ0) is 13.6. The molecule has 0 saturated carbocycles. The fraction of sp³-hybridized carbons (Fsp3) is 0.429. The standard InChI is InChI=1S/C14H15NO4/c1-3-14-8-11(16)19-12(14)15(13(17)18-2)10-7-5-4-6-9(10)14/h4-7,12H,3,8H2,1-2H3/t12-,14-/m0/s1. The maximum Gasteiger partial charge on any atom is 0.417 e. The molecule has 2 atom stereocenters. The molecular weight excluding hydrogens is 246 g/mol. The third kappa shape index (κ3) is 1.41. The second-order valence-corrected chi connectivity index (χ2v) is 4.89. The Balaban J connectivity index is 2.19. The molecule has 0 N–H and O–H groups in total. The average Bonchev–Trinajstić information content (AvgIpc) is 2.88. The first kappa shape index (κ1) is 12.0. The molecular formula is C14H15NO4. The summed E-state index contributed by atoms with van der Waals surface area (Å²) in [4.78, 5) is 25.1. The number of carbonyl (C=O) groups excluding carboxylic acids is 2. The molecule has 0 aromatic heterocycles. The van der Waals surface area contributed by atoms with Crippen molar-refractivity contribution in [2.24, 2.45) is 0 Å². The molecule has 1 aromatic rings. The van der Waals surface area contributed by atoms with Crippen molar-refractivity contribution in [3.05, 3.63) is 29.8 Å². The number of rotatable bonds is 1. The summed E-state index contributed by atoms with van der Waals surface area (Å²) in [5, 5.41) is 0. The van der Waals surface area contributed by atoms with Crippen LogP contribution in [-0.2, 0) is 19.7 Å². The molecule has 0 unspecified atom stereocenters. The zero-order valence-electron chi connectivity index (χ0n) is 10.9. The normalized spacial score (nSPS) is 27.8. The number of carbonyl (C=O) groups is 2. The van der Waals surface area contributed by atoms with Crippen molar-refractivity contribution in [2.45, 2.75) is 31.4 Å². The van der Waals surface area contributed by atoms with Gasteiger partial charge >= 0.3 is 12.1 Å². The second-order valence-electron chi connectivity index (χ2n) is 4.89. The van der Waals surface area contributed by atoms with Crippen LogP contribution >= 0.6 is 0 Å². The Morgan fingerprint density at radius 3 is 2.95 bits per heavy atom. The summed E-state index contributed by atoms with van der Waals surface area (Å²) in [6, 6.07) is 7.59. The number of hydrogen-bond donors (Lipinski definition) is 0. The van der Waals surface area contributed by atoms with Crippen molar-refractivity contribution in [1.82, 2.24) is 0 Å². The first-order chi connectivity index (χ1) is 9.14. The van der Waals surface area contributed by atoms with E-state index in [1.807, 2.05) is 31.2 Å². The third-order valence-electron chi connectivity index (χ3n) is 4.11. The Morgan fingerprint density at radius 2 is 2.26 bits per heavy atom. The minimum atomic E-state index is -0.588. The third-order valence-corrected chi connectivity index (χ3v) is 4.11. The number of hydrogen-bond acceptors (Lipinski definition) is 4. The Hall–Kier alpha value is -2.04. The highest BCUT2D eigenvalue weighted by molar-refractivity contribution is 5.94. The summed E-state index contributed by atoms with van der Waals surface area (Å²) < 4.78 is 10.2. The van der Waals surface area contributed by atoms with E-state index in [0.29, 0.717) is 6.42 Å². The fourth-order valence-electron chi connectivity index (χ4n) is 3.17. The summed E-state index contributed by atoms with van der Waals surface area (Å²) >= 11 is 0. The zero-order valence-corrected chi connectivity index (χ0v) is 10.9. The van der Waals surface area contributed by atoms with Gasteiger partial charge in [0.1, 0.15) is 0 Å². The topological polar surface area (TPSA) is 55.8 Å². The van der Waals surface area contributed by atoms with E-state index in [2.05, 4.69) is 0 Å². The summed E-state index contributed by atoms with van der Waals surface area (Å²) in [5.41, 5.74) is 1.31. The molecule has 5 heteroatoms. The van der Waals surface area contributed by atoms with Gasteiger partial charge in [0.25, 0.3) is 0 Å². The van der Waals surface area contributed by atoms with Crippen LogP contribution in [0.25, 0.3) is 0 Å². The fourth-order valence-corrected chi connectivity index (χ4v) is 3.17. The lowest BCUT2D eigenvalue weighted by atomic mass is 9.77. The molecule has 0 spiro atoms. The van der Waals surface area contributed by atoms with Gasteiger partial charge in [0.15, 0.2) is 6.23 Å². The van der Waals surface area contributed by atoms with Gasteiger partial charge in [-0.15, -0.1) is 0 Å². The Morgan fingerprint density at radius 1 is 1.53 bits per heavy atom. The highest BCUT2D eigenvalue weighted by Gasteiger charge is 2.59. The first-order valence-electron chi connectivity index (χ1n) is 6.30. The number of para-hydroxylation sites is 1. The number of esters is 1. The van der Waals surface area contributed by atoms with Crippen LogP contribution in [0.4, 0.5) is 10.5 Å². The van der Waals surface area contributed by atoms with Gasteiger partial charge in [0.05, 0.1) is 24.6 Å². The molecule has 0 bridgehead atoms. The summed E-state index contributed by atoms with van der Waals surface area (Å²) in [6.07, 6.45) is -0.0515. The number of fused-ring (bicyclic) bond motifs is 3. The molecule has 1 saturated heterocycles. The van der Waals surface area contributed by atoms with Gasteiger partial charge in [-0.25, -0.2) is 9.69 Å². The number of nitrogens with zero attached hydrogens (tertiary/aromatic N) is 1. The van der Waals surface area contributed by atoms with Crippen molar-refractivity contribution >= 4 is 17.7 Å². The molecule has 0 aliphatic carbocycles. The van der Waals surface area contributed by atoms with Crippen LogP contribution in [0, 0.1) is 0 Å². The van der Waals surface area contributed by atoms with Crippen LogP contribution in [0.1, 0.15) is 25.3 Å². The van der Waals surface area contributed by atoms with Crippen LogP contribution in [0.15, 0.2) is 24.3 Å². The molecule has 1 fully saturated rings. The van der Waals surface area contributed by atoms with E-state index in [1.165, 1.54) is 12.0 Å². The van der Waals surface area contributed by atoms with Gasteiger partial charge in [-0.3, -0.25) is 4.79 Å². The predicted octanol–water partition coefficient (Wildman–Crippen LogP) is 2.19. The molecule has 1 amide bonds. The molecule has 0 radical (unpaired) electrons. The highest BCUT2D eigenvalue weighted by atomic mass is 16.6. The largest absolute Gasteiger partial charge is 0.452 e. The van der Waals surface area contributed by atoms with E-state index in [0.717, 1.165) is 17.7 Å². The second kappa shape index (κ2) is 3.98. The molecule has 19 heavy (non-hydrogen) atoms. The Labute approximate surface area is 111 Å². The summed E-state index contributed by atoms with van der Waals surface area (Å²) in [7, 11) is 1.33. The lowest BCUT2D eigenvalue weighted by Crippen LogP contribution is -2.44. The van der Waals surface area contributed by atoms with E-state index in [9.17, 15) is 9.59 Å². The van der Waals surface area contributed by atoms with Gasteiger partial charge < -0.3 is 9.47 Å². The van der Waals surface area contributed by atoms with E-state index in [1.54, 1.807) is 0 Å². The lowest BCUT2D eigenvalue weighted by molar-refractivity contribution is -0.141. The van der Waals surface area contributed by atoms with Crippen molar-refractivity contribution < 1.29 is 19.1 Å². The van der Waals surface area contributed by atoms with Gasteiger partial charge in [0, 0.05) is 0 Å². The van der Waals surface area contributed by atoms with E-state index in [4.69, 9.17) is 9.47 Å². The number of benzene rings is 1. The summed E-state index contributed by atoms with van der Waals surface area (Å²) in [6.45, 7) is 2.01. The Kier molecular flexibility index (Phi) is 2.52. The highest BCUT2D eigenvalue weighted by Crippen LogP contribution is 2.53. The van der Waals surface area contributed by atoms with Crippen LogP contribution in [0.2, 0.25) is 0 Å². The number of amides is 1. The maximum atomic E-state index is 12.0.